The van der Waals surface area contributed by atoms with Crippen LogP contribution in [0.4, 0.5) is 5.13 Å². The molecule has 0 spiro atoms. The first-order valence-corrected chi connectivity index (χ1v) is 6.27. The summed E-state index contributed by atoms with van der Waals surface area (Å²) in [5, 5.41) is 13.4. The van der Waals surface area contributed by atoms with Crippen molar-refractivity contribution >= 4 is 28.1 Å². The molecule has 2 atom stereocenters. The van der Waals surface area contributed by atoms with E-state index in [-0.39, 0.29) is 0 Å². The molecule has 5 heteroatoms. The van der Waals surface area contributed by atoms with E-state index in [0.29, 0.717) is 12.0 Å². The van der Waals surface area contributed by atoms with E-state index in [1.165, 1.54) is 19.3 Å². The third-order valence-corrected chi connectivity index (χ3v) is 3.86. The van der Waals surface area contributed by atoms with Crippen molar-refractivity contribution in [1.29, 1.82) is 0 Å². The van der Waals surface area contributed by atoms with Crippen LogP contribution in [0.1, 0.15) is 24.3 Å². The van der Waals surface area contributed by atoms with Gasteiger partial charge >= 0.3 is 0 Å². The fraction of sp³-hybridized carbons (Fsp3) is 0.778. The van der Waals surface area contributed by atoms with Crippen molar-refractivity contribution in [2.45, 2.75) is 32.2 Å². The molecular weight excluding hydrogens is 218 g/mol. The second-order valence-electron chi connectivity index (χ2n) is 3.72. The number of nitrogens with one attached hydrogen (secondary N) is 1. The van der Waals surface area contributed by atoms with E-state index >= 15 is 0 Å². The Balaban J connectivity index is 1.96. The number of halogens is 1. The Bertz CT molecular complexity index is 302. The summed E-state index contributed by atoms with van der Waals surface area (Å²) in [6.07, 6.45) is 3.71. The van der Waals surface area contributed by atoms with Gasteiger partial charge in [0.2, 0.25) is 5.13 Å². The summed E-state index contributed by atoms with van der Waals surface area (Å²) < 4.78 is 0. The van der Waals surface area contributed by atoms with E-state index < -0.39 is 0 Å². The molecule has 3 nitrogen and oxygen atoms in total. The standard InChI is InChI=1S/C9H14ClN3S/c1-6-12-13-9(14-6)11-8-4-2-3-7(8)5-10/h7-8H,2-5H2,1H3,(H,11,13). The average molecular weight is 232 g/mol. The second-order valence-corrected chi connectivity index (χ2v) is 5.21. The molecule has 78 valence electrons. The Morgan fingerprint density at radius 2 is 2.36 bits per heavy atom. The maximum absolute atomic E-state index is 5.90. The largest absolute Gasteiger partial charge is 0.357 e. The molecule has 1 fully saturated rings. The van der Waals surface area contributed by atoms with Gasteiger partial charge in [-0.1, -0.05) is 17.8 Å². The molecule has 1 aliphatic rings. The zero-order chi connectivity index (χ0) is 9.97. The van der Waals surface area contributed by atoms with Gasteiger partial charge in [0.25, 0.3) is 0 Å². The molecule has 1 aliphatic carbocycles. The third-order valence-electron chi connectivity index (χ3n) is 2.69. The van der Waals surface area contributed by atoms with E-state index in [1.54, 1.807) is 11.3 Å². The van der Waals surface area contributed by atoms with Crippen molar-refractivity contribution in [2.24, 2.45) is 5.92 Å². The highest BCUT2D eigenvalue weighted by Crippen LogP contribution is 2.30. The lowest BCUT2D eigenvalue weighted by Crippen LogP contribution is -2.24. The molecule has 1 aromatic rings. The minimum absolute atomic E-state index is 0.500. The molecule has 2 rings (SSSR count). The monoisotopic (exact) mass is 231 g/mol. The number of nitrogens with zero attached hydrogens (tertiary/aromatic N) is 2. The number of hydrogen-bond donors (Lipinski definition) is 1. The zero-order valence-electron chi connectivity index (χ0n) is 8.16. The predicted octanol–water partition coefficient (Wildman–Crippen LogP) is 2.67. The smallest absolute Gasteiger partial charge is 0.205 e. The number of rotatable bonds is 3. The van der Waals surface area contributed by atoms with Crippen LogP contribution in [-0.4, -0.2) is 22.1 Å². The highest BCUT2D eigenvalue weighted by molar-refractivity contribution is 7.15. The maximum Gasteiger partial charge on any atom is 0.205 e. The van der Waals surface area contributed by atoms with Gasteiger partial charge in [0.05, 0.1) is 0 Å². The van der Waals surface area contributed by atoms with Crippen LogP contribution in [0.2, 0.25) is 0 Å². The summed E-state index contributed by atoms with van der Waals surface area (Å²) in [6.45, 7) is 1.97. The van der Waals surface area contributed by atoms with Gasteiger partial charge in [-0.2, -0.15) is 0 Å². The highest BCUT2D eigenvalue weighted by atomic mass is 35.5. The summed E-state index contributed by atoms with van der Waals surface area (Å²) in [5.41, 5.74) is 0. The van der Waals surface area contributed by atoms with Crippen LogP contribution in [-0.2, 0) is 0 Å². The molecule has 0 bridgehead atoms. The van der Waals surface area contributed by atoms with Gasteiger partial charge in [-0.05, 0) is 25.7 Å². The SMILES string of the molecule is Cc1nnc(NC2CCCC2CCl)s1. The fourth-order valence-corrected chi connectivity index (χ4v) is 2.95. The van der Waals surface area contributed by atoms with Gasteiger partial charge in [0.1, 0.15) is 5.01 Å². The molecule has 2 unspecified atom stereocenters. The van der Waals surface area contributed by atoms with Gasteiger partial charge in [-0.3, -0.25) is 0 Å². The Kier molecular flexibility index (Phi) is 3.23. The molecule has 1 aromatic heterocycles. The van der Waals surface area contributed by atoms with Crippen LogP contribution >= 0.6 is 22.9 Å². The summed E-state index contributed by atoms with van der Waals surface area (Å²) in [7, 11) is 0. The normalized spacial score (nSPS) is 26.7. The van der Waals surface area contributed by atoms with Crippen molar-refractivity contribution in [3.63, 3.8) is 0 Å². The average Bonchev–Trinajstić information content (AvgIpc) is 2.76. The van der Waals surface area contributed by atoms with Crippen LogP contribution in [0.5, 0.6) is 0 Å². The third kappa shape index (κ3) is 2.17. The van der Waals surface area contributed by atoms with Crippen molar-refractivity contribution in [2.75, 3.05) is 11.2 Å². The maximum atomic E-state index is 5.90. The second kappa shape index (κ2) is 4.45. The Morgan fingerprint density at radius 1 is 1.50 bits per heavy atom. The molecule has 0 amide bonds. The lowest BCUT2D eigenvalue weighted by Gasteiger charge is -2.17. The number of hydrogen-bond acceptors (Lipinski definition) is 4. The van der Waals surface area contributed by atoms with Crippen LogP contribution < -0.4 is 5.32 Å². The molecule has 1 N–H and O–H groups in total. The van der Waals surface area contributed by atoms with E-state index in [1.807, 2.05) is 6.92 Å². The van der Waals surface area contributed by atoms with E-state index in [2.05, 4.69) is 15.5 Å². The molecule has 0 aromatic carbocycles. The molecule has 1 saturated carbocycles. The first-order valence-electron chi connectivity index (χ1n) is 4.92. The van der Waals surface area contributed by atoms with Gasteiger partial charge in [-0.25, -0.2) is 0 Å². The predicted molar refractivity (Wildman–Crippen MR) is 60.1 cm³/mol. The topological polar surface area (TPSA) is 37.8 Å². The highest BCUT2D eigenvalue weighted by Gasteiger charge is 2.26. The van der Waals surface area contributed by atoms with E-state index in [0.717, 1.165) is 16.0 Å². The van der Waals surface area contributed by atoms with Crippen molar-refractivity contribution in [3.8, 4) is 0 Å². The molecule has 14 heavy (non-hydrogen) atoms. The minimum atomic E-state index is 0.500. The van der Waals surface area contributed by atoms with Crippen molar-refractivity contribution in [1.82, 2.24) is 10.2 Å². The molecular formula is C9H14ClN3S. The van der Waals surface area contributed by atoms with E-state index in [9.17, 15) is 0 Å². The van der Waals surface area contributed by atoms with Gasteiger partial charge < -0.3 is 5.32 Å². The molecule has 0 saturated heterocycles. The molecule has 0 aliphatic heterocycles. The summed E-state index contributed by atoms with van der Waals surface area (Å²) in [4.78, 5) is 0. The first-order chi connectivity index (χ1) is 6.79. The van der Waals surface area contributed by atoms with Gasteiger partial charge in [0, 0.05) is 11.9 Å². The van der Waals surface area contributed by atoms with Gasteiger partial charge in [-0.15, -0.1) is 21.8 Å². The lowest BCUT2D eigenvalue weighted by molar-refractivity contribution is 0.562. The van der Waals surface area contributed by atoms with Crippen molar-refractivity contribution < 1.29 is 0 Å². The number of aryl methyl sites for hydroxylation is 1. The number of alkyl halides is 1. The minimum Gasteiger partial charge on any atom is -0.357 e. The Labute approximate surface area is 92.9 Å². The lowest BCUT2D eigenvalue weighted by atomic mass is 10.1. The Hall–Kier alpha value is -0.350. The van der Waals surface area contributed by atoms with Crippen molar-refractivity contribution in [3.05, 3.63) is 5.01 Å². The molecule has 0 radical (unpaired) electrons. The quantitative estimate of drug-likeness (QED) is 0.813. The van der Waals surface area contributed by atoms with Crippen LogP contribution in [0.3, 0.4) is 0 Å². The molecule has 1 heterocycles. The van der Waals surface area contributed by atoms with Crippen LogP contribution in [0.25, 0.3) is 0 Å². The van der Waals surface area contributed by atoms with Crippen LogP contribution in [0, 0.1) is 12.8 Å². The van der Waals surface area contributed by atoms with Gasteiger partial charge in [0.15, 0.2) is 0 Å². The zero-order valence-corrected chi connectivity index (χ0v) is 9.74. The number of anilines is 1. The fourth-order valence-electron chi connectivity index (χ4n) is 1.93. The van der Waals surface area contributed by atoms with E-state index in [4.69, 9.17) is 11.6 Å². The van der Waals surface area contributed by atoms with Crippen LogP contribution in [0.15, 0.2) is 0 Å². The summed E-state index contributed by atoms with van der Waals surface area (Å²) in [6, 6.07) is 0.500. The summed E-state index contributed by atoms with van der Waals surface area (Å²) in [5.74, 6) is 1.34. The first kappa shape index (κ1) is 10.2. The summed E-state index contributed by atoms with van der Waals surface area (Å²) >= 11 is 7.51. The number of aromatic nitrogens is 2. The Morgan fingerprint density at radius 3 is 3.00 bits per heavy atom.